The minimum Gasteiger partial charge on any atom is -0.480 e. The highest BCUT2D eigenvalue weighted by molar-refractivity contribution is 5.67. The third-order valence-electron chi connectivity index (χ3n) is 4.11. The average molecular weight is 371 g/mol. The Hall–Kier alpha value is -3.69. The Balaban J connectivity index is 1.60. The van der Waals surface area contributed by atoms with Crippen molar-refractivity contribution < 1.29 is 19.0 Å². The molecule has 27 heavy (non-hydrogen) atoms. The van der Waals surface area contributed by atoms with Crippen molar-refractivity contribution in [3.8, 4) is 11.6 Å². The predicted molar refractivity (Wildman–Crippen MR) is 91.5 cm³/mol. The van der Waals surface area contributed by atoms with E-state index in [1.54, 1.807) is 29.2 Å². The zero-order chi connectivity index (χ0) is 19.0. The van der Waals surface area contributed by atoms with Crippen LogP contribution in [-0.4, -0.2) is 37.0 Å². The molecule has 1 aliphatic rings. The van der Waals surface area contributed by atoms with Crippen LogP contribution in [0.1, 0.15) is 11.6 Å². The van der Waals surface area contributed by atoms with E-state index in [-0.39, 0.29) is 30.0 Å². The van der Waals surface area contributed by atoms with Gasteiger partial charge in [-0.1, -0.05) is 0 Å². The monoisotopic (exact) mass is 371 g/mol. The van der Waals surface area contributed by atoms with Gasteiger partial charge in [0.1, 0.15) is 25.3 Å². The lowest BCUT2D eigenvalue weighted by Gasteiger charge is -2.25. The number of benzene rings is 1. The van der Waals surface area contributed by atoms with Gasteiger partial charge in [0.05, 0.1) is 17.9 Å². The number of aliphatic carboxylic acids is 1. The van der Waals surface area contributed by atoms with Gasteiger partial charge in [0, 0.05) is 11.8 Å². The first kappa shape index (κ1) is 16.8. The van der Waals surface area contributed by atoms with Crippen LogP contribution < -0.4 is 15.6 Å². The number of carbonyl (C=O) groups is 1. The van der Waals surface area contributed by atoms with Crippen LogP contribution in [0.25, 0.3) is 5.69 Å². The molecular formula is C17H14FN5O4. The molecule has 2 N–H and O–H groups in total. The van der Waals surface area contributed by atoms with Crippen molar-refractivity contribution in [3.63, 3.8) is 0 Å². The van der Waals surface area contributed by atoms with Crippen molar-refractivity contribution in [2.75, 3.05) is 11.9 Å². The third kappa shape index (κ3) is 3.24. The second kappa shape index (κ2) is 6.56. The fourth-order valence-corrected chi connectivity index (χ4v) is 2.77. The third-order valence-corrected chi connectivity index (χ3v) is 4.11. The fraction of sp³-hybridized carbons (Fsp3) is 0.176. The molecule has 1 aliphatic heterocycles. The first-order valence-corrected chi connectivity index (χ1v) is 8.02. The maximum absolute atomic E-state index is 13.1. The van der Waals surface area contributed by atoms with E-state index < -0.39 is 18.1 Å². The van der Waals surface area contributed by atoms with E-state index in [1.165, 1.54) is 12.1 Å². The van der Waals surface area contributed by atoms with Crippen LogP contribution in [0.3, 0.4) is 0 Å². The highest BCUT2D eigenvalue weighted by Crippen LogP contribution is 2.29. The van der Waals surface area contributed by atoms with Crippen molar-refractivity contribution in [2.45, 2.75) is 12.6 Å². The molecule has 0 saturated carbocycles. The molecule has 3 aromatic rings. The first-order valence-electron chi connectivity index (χ1n) is 8.02. The van der Waals surface area contributed by atoms with E-state index >= 15 is 0 Å². The van der Waals surface area contributed by atoms with Gasteiger partial charge in [0.2, 0.25) is 5.88 Å². The molecule has 10 heteroatoms. The summed E-state index contributed by atoms with van der Waals surface area (Å²) < 4.78 is 21.2. The van der Waals surface area contributed by atoms with Crippen molar-refractivity contribution in [1.82, 2.24) is 19.3 Å². The summed E-state index contributed by atoms with van der Waals surface area (Å²) in [5.41, 5.74) is 1.01. The van der Waals surface area contributed by atoms with Crippen molar-refractivity contribution in [3.05, 3.63) is 64.7 Å². The zero-order valence-electron chi connectivity index (χ0n) is 13.9. The lowest BCUT2D eigenvalue weighted by atomic mass is 10.1. The molecule has 0 unspecified atom stereocenters. The molecule has 0 saturated heterocycles. The van der Waals surface area contributed by atoms with Crippen LogP contribution in [0.5, 0.6) is 5.88 Å². The number of halogens is 1. The van der Waals surface area contributed by atoms with Gasteiger partial charge in [-0.25, -0.2) is 14.1 Å². The van der Waals surface area contributed by atoms with E-state index in [0.29, 0.717) is 5.69 Å². The largest absolute Gasteiger partial charge is 0.480 e. The molecule has 4 rings (SSSR count). The Kier molecular flexibility index (Phi) is 4.07. The van der Waals surface area contributed by atoms with Gasteiger partial charge in [-0.3, -0.25) is 14.2 Å². The molecule has 0 amide bonds. The first-order chi connectivity index (χ1) is 13.0. The second-order valence-corrected chi connectivity index (χ2v) is 5.95. The van der Waals surface area contributed by atoms with Crippen LogP contribution >= 0.6 is 0 Å². The summed E-state index contributed by atoms with van der Waals surface area (Å²) in [6.45, 7) is -0.272. The molecule has 2 aromatic heterocycles. The number of carboxylic acid groups (broad SMARTS) is 1. The number of fused-ring (bicyclic) bond motifs is 1. The van der Waals surface area contributed by atoms with E-state index in [1.807, 2.05) is 0 Å². The minimum atomic E-state index is -1.15. The molecule has 138 valence electrons. The van der Waals surface area contributed by atoms with E-state index in [0.717, 1.165) is 16.5 Å². The number of ether oxygens (including phenoxy) is 1. The molecule has 1 atom stereocenters. The molecule has 0 aliphatic carbocycles. The van der Waals surface area contributed by atoms with Gasteiger partial charge >= 0.3 is 5.97 Å². The number of hydrogen-bond acceptors (Lipinski definition) is 6. The Bertz CT molecular complexity index is 1060. The lowest BCUT2D eigenvalue weighted by Crippen LogP contribution is -2.33. The highest BCUT2D eigenvalue weighted by atomic mass is 19.1. The van der Waals surface area contributed by atoms with Gasteiger partial charge < -0.3 is 15.2 Å². The van der Waals surface area contributed by atoms with Crippen molar-refractivity contribution >= 4 is 11.7 Å². The van der Waals surface area contributed by atoms with Crippen LogP contribution in [0.15, 0.2) is 47.8 Å². The number of anilines is 1. The molecule has 0 spiro atoms. The molecule has 3 heterocycles. The van der Waals surface area contributed by atoms with Gasteiger partial charge in [-0.2, -0.15) is 5.10 Å². The van der Waals surface area contributed by atoms with Gasteiger partial charge in [-0.05, 0) is 24.3 Å². The highest BCUT2D eigenvalue weighted by Gasteiger charge is 2.26. The molecule has 9 nitrogen and oxygen atoms in total. The fourth-order valence-electron chi connectivity index (χ4n) is 2.77. The summed E-state index contributed by atoms with van der Waals surface area (Å²) in [6, 6.07) is 5.50. The maximum Gasteiger partial charge on any atom is 0.323 e. The maximum atomic E-state index is 13.1. The molecule has 0 fully saturated rings. The second-order valence-electron chi connectivity index (χ2n) is 5.95. The molecular weight excluding hydrogens is 357 g/mol. The average Bonchev–Trinajstić information content (AvgIpc) is 3.14. The SMILES string of the molecule is O=C(O)Cn1cnc2c(c1=O)N[C@H](c1cnn(-c3ccc(F)cc3)c1)CO2. The summed E-state index contributed by atoms with van der Waals surface area (Å²) in [6.07, 6.45) is 4.50. The smallest absolute Gasteiger partial charge is 0.323 e. The minimum absolute atomic E-state index is 0.101. The lowest BCUT2D eigenvalue weighted by molar-refractivity contribution is -0.137. The Morgan fingerprint density at radius 2 is 2.15 bits per heavy atom. The number of nitrogens with zero attached hydrogens (tertiary/aromatic N) is 4. The van der Waals surface area contributed by atoms with Gasteiger partial charge in [0.15, 0.2) is 5.69 Å². The Morgan fingerprint density at radius 1 is 1.37 bits per heavy atom. The van der Waals surface area contributed by atoms with Crippen LogP contribution in [-0.2, 0) is 11.3 Å². The van der Waals surface area contributed by atoms with Gasteiger partial charge in [-0.15, -0.1) is 0 Å². The van der Waals surface area contributed by atoms with E-state index in [2.05, 4.69) is 15.4 Å². The number of carboxylic acids is 1. The summed E-state index contributed by atoms with van der Waals surface area (Å²) in [5, 5.41) is 16.2. The predicted octanol–water partition coefficient (Wildman–Crippen LogP) is 1.20. The summed E-state index contributed by atoms with van der Waals surface area (Å²) in [7, 11) is 0. The van der Waals surface area contributed by atoms with Crippen LogP contribution in [0.2, 0.25) is 0 Å². The summed E-state index contributed by atoms with van der Waals surface area (Å²) in [5.74, 6) is -1.35. The summed E-state index contributed by atoms with van der Waals surface area (Å²) in [4.78, 5) is 27.3. The number of rotatable bonds is 4. The summed E-state index contributed by atoms with van der Waals surface area (Å²) >= 11 is 0. The van der Waals surface area contributed by atoms with E-state index in [9.17, 15) is 14.0 Å². The normalized spacial score (nSPS) is 15.5. The molecule has 0 bridgehead atoms. The zero-order valence-corrected chi connectivity index (χ0v) is 13.9. The Labute approximate surface area is 151 Å². The van der Waals surface area contributed by atoms with E-state index in [4.69, 9.17) is 9.84 Å². The van der Waals surface area contributed by atoms with Crippen LogP contribution in [0, 0.1) is 5.82 Å². The topological polar surface area (TPSA) is 111 Å². The standard InChI is InChI=1S/C17H14FN5O4/c18-11-1-3-12(4-2-11)23-6-10(5-20-23)13-8-27-16-15(21-13)17(26)22(9-19-16)7-14(24)25/h1-6,9,13,21H,7-8H2,(H,24,25)/t13-/m0/s1. The quantitative estimate of drug-likeness (QED) is 0.709. The van der Waals surface area contributed by atoms with Crippen molar-refractivity contribution in [1.29, 1.82) is 0 Å². The molecule has 0 radical (unpaired) electrons. The molecule has 1 aromatic carbocycles. The number of hydrogen-bond donors (Lipinski definition) is 2. The Morgan fingerprint density at radius 3 is 2.89 bits per heavy atom. The van der Waals surface area contributed by atoms with Crippen LogP contribution in [0.4, 0.5) is 10.1 Å². The number of nitrogens with one attached hydrogen (secondary N) is 1. The number of aromatic nitrogens is 4. The van der Waals surface area contributed by atoms with Gasteiger partial charge in [0.25, 0.3) is 5.56 Å². The van der Waals surface area contributed by atoms with Crippen molar-refractivity contribution in [2.24, 2.45) is 0 Å².